The molecule has 2 unspecified atom stereocenters. The van der Waals surface area contributed by atoms with E-state index in [2.05, 4.69) is 98.6 Å². The zero-order valence-corrected chi connectivity index (χ0v) is 31.7. The number of rotatable bonds is 17. The van der Waals surface area contributed by atoms with Gasteiger partial charge in [-0.05, 0) is 120 Å². The maximum atomic E-state index is 6.13. The minimum Gasteiger partial charge on any atom is -0.416 e. The monoisotopic (exact) mass is 678 g/mol. The third-order valence-electron chi connectivity index (χ3n) is 11.7. The lowest BCUT2D eigenvalue weighted by atomic mass is 9.66. The highest BCUT2D eigenvalue weighted by Gasteiger charge is 2.35. The largest absolute Gasteiger partial charge is 0.416 e. The Kier molecular flexibility index (Phi) is 11.5. The molecule has 0 N–H and O–H groups in total. The van der Waals surface area contributed by atoms with Gasteiger partial charge in [0.25, 0.3) is 0 Å². The molecule has 4 aromatic carbocycles. The zero-order chi connectivity index (χ0) is 35.2. The summed E-state index contributed by atoms with van der Waals surface area (Å²) in [5.41, 5.74) is 16.8. The molecule has 0 saturated heterocycles. The van der Waals surface area contributed by atoms with Crippen molar-refractivity contribution in [2.75, 3.05) is 0 Å². The molecular formula is C48H58N2O. The van der Waals surface area contributed by atoms with Crippen molar-refractivity contribution in [1.82, 2.24) is 10.2 Å². The fourth-order valence-corrected chi connectivity index (χ4v) is 8.93. The molecule has 266 valence electrons. The SMILES string of the molecule is CCCCCCCCC1Cc2cc(-c3ccc(-c4nnc(-c5ccc(C)cc5)o4)cc3)cc3c2-c2c(cc(C)cc21)CC3CCCCCCCC. The number of aromatic nitrogens is 2. The van der Waals surface area contributed by atoms with E-state index in [1.807, 2.05) is 12.1 Å². The van der Waals surface area contributed by atoms with Crippen LogP contribution >= 0.6 is 0 Å². The first-order valence-corrected chi connectivity index (χ1v) is 20.3. The highest BCUT2D eigenvalue weighted by atomic mass is 16.4. The molecule has 3 heteroatoms. The summed E-state index contributed by atoms with van der Waals surface area (Å²) in [5, 5.41) is 8.76. The summed E-state index contributed by atoms with van der Waals surface area (Å²) in [5.74, 6) is 2.32. The number of benzene rings is 4. The molecule has 7 rings (SSSR count). The minimum atomic E-state index is 0.560. The van der Waals surface area contributed by atoms with E-state index in [-0.39, 0.29) is 0 Å². The van der Waals surface area contributed by atoms with Crippen LogP contribution in [0.2, 0.25) is 0 Å². The van der Waals surface area contributed by atoms with Crippen LogP contribution in [0.1, 0.15) is 149 Å². The van der Waals surface area contributed by atoms with Crippen LogP contribution in [0.15, 0.2) is 77.2 Å². The van der Waals surface area contributed by atoms with Crippen LogP contribution in [0.5, 0.6) is 0 Å². The first kappa shape index (κ1) is 35.4. The molecule has 51 heavy (non-hydrogen) atoms. The van der Waals surface area contributed by atoms with E-state index in [1.165, 1.54) is 119 Å². The Hall–Kier alpha value is -3.98. The van der Waals surface area contributed by atoms with E-state index >= 15 is 0 Å². The Morgan fingerprint density at radius 1 is 0.490 bits per heavy atom. The third kappa shape index (κ3) is 8.09. The standard InChI is InChI=1S/C48H58N2O/c1-5-7-9-11-13-15-17-38-30-42-31-40(35-23-25-37(26-24-35)48-50-49-47(51-48)36-21-19-33(3)20-22-36)32-44-39(18-16-14-12-10-8-6-2)29-41-27-34(4)28-43(38)45(41)46(42)44/h19-28,31-32,38-39H,5-18,29-30H2,1-4H3. The Morgan fingerprint density at radius 3 is 1.53 bits per heavy atom. The molecule has 0 radical (unpaired) electrons. The second-order valence-corrected chi connectivity index (χ2v) is 15.8. The molecule has 5 aromatic rings. The van der Waals surface area contributed by atoms with E-state index in [9.17, 15) is 0 Å². The van der Waals surface area contributed by atoms with Crippen molar-refractivity contribution in [3.63, 3.8) is 0 Å². The summed E-state index contributed by atoms with van der Waals surface area (Å²) in [4.78, 5) is 0. The van der Waals surface area contributed by atoms with Gasteiger partial charge in [-0.15, -0.1) is 10.2 Å². The molecule has 0 saturated carbocycles. The van der Waals surface area contributed by atoms with Gasteiger partial charge in [-0.1, -0.05) is 151 Å². The highest BCUT2D eigenvalue weighted by Crippen LogP contribution is 2.53. The van der Waals surface area contributed by atoms with Gasteiger partial charge in [-0.3, -0.25) is 0 Å². The van der Waals surface area contributed by atoms with Crippen molar-refractivity contribution >= 4 is 0 Å². The summed E-state index contributed by atoms with van der Waals surface area (Å²) in [6, 6.07) is 27.2. The average Bonchev–Trinajstić information content (AvgIpc) is 3.64. The molecule has 2 aliphatic rings. The number of hydrogen-bond donors (Lipinski definition) is 0. The van der Waals surface area contributed by atoms with E-state index in [0.717, 1.165) is 17.5 Å². The maximum Gasteiger partial charge on any atom is 0.248 e. The first-order chi connectivity index (χ1) is 25.0. The van der Waals surface area contributed by atoms with Crippen LogP contribution in [0.3, 0.4) is 0 Å². The van der Waals surface area contributed by atoms with Gasteiger partial charge in [0.1, 0.15) is 0 Å². The quantitative estimate of drug-likeness (QED) is 0.0919. The molecule has 2 atom stereocenters. The lowest BCUT2D eigenvalue weighted by Crippen LogP contribution is -2.21. The molecular weight excluding hydrogens is 621 g/mol. The molecule has 3 nitrogen and oxygen atoms in total. The van der Waals surface area contributed by atoms with Gasteiger partial charge in [0.15, 0.2) is 0 Å². The van der Waals surface area contributed by atoms with Crippen LogP contribution < -0.4 is 0 Å². The van der Waals surface area contributed by atoms with Crippen molar-refractivity contribution in [2.45, 2.75) is 142 Å². The van der Waals surface area contributed by atoms with Gasteiger partial charge >= 0.3 is 0 Å². The Bertz CT molecular complexity index is 1900. The van der Waals surface area contributed by atoms with Crippen LogP contribution in [0, 0.1) is 13.8 Å². The number of unbranched alkanes of at least 4 members (excludes halogenated alkanes) is 10. The number of hydrogen-bond acceptors (Lipinski definition) is 3. The average molecular weight is 679 g/mol. The third-order valence-corrected chi connectivity index (χ3v) is 11.7. The van der Waals surface area contributed by atoms with Gasteiger partial charge in [0.05, 0.1) is 0 Å². The summed E-state index contributed by atoms with van der Waals surface area (Å²) in [6.07, 6.45) is 21.2. The maximum absolute atomic E-state index is 6.13. The van der Waals surface area contributed by atoms with Gasteiger partial charge in [-0.25, -0.2) is 0 Å². The first-order valence-electron chi connectivity index (χ1n) is 20.3. The van der Waals surface area contributed by atoms with E-state index in [1.54, 1.807) is 33.4 Å². The topological polar surface area (TPSA) is 38.9 Å². The van der Waals surface area contributed by atoms with Gasteiger partial charge < -0.3 is 4.42 Å². The summed E-state index contributed by atoms with van der Waals surface area (Å²) in [6.45, 7) is 9.04. The van der Waals surface area contributed by atoms with Gasteiger partial charge in [0, 0.05) is 11.1 Å². The fourth-order valence-electron chi connectivity index (χ4n) is 8.93. The number of nitrogens with zero attached hydrogens (tertiary/aromatic N) is 2. The fraction of sp³-hybridized carbons (Fsp3) is 0.458. The molecule has 1 heterocycles. The molecule has 0 bridgehead atoms. The van der Waals surface area contributed by atoms with Crippen molar-refractivity contribution in [3.8, 4) is 45.2 Å². The van der Waals surface area contributed by atoms with Crippen molar-refractivity contribution in [3.05, 3.63) is 106 Å². The highest BCUT2D eigenvalue weighted by molar-refractivity contribution is 5.85. The molecule has 0 amide bonds. The van der Waals surface area contributed by atoms with Crippen LogP contribution in [0.4, 0.5) is 0 Å². The van der Waals surface area contributed by atoms with Crippen LogP contribution in [0.25, 0.3) is 45.2 Å². The Balaban J connectivity index is 1.19. The van der Waals surface area contributed by atoms with E-state index < -0.39 is 0 Å². The van der Waals surface area contributed by atoms with Crippen LogP contribution in [-0.4, -0.2) is 10.2 Å². The lowest BCUT2D eigenvalue weighted by Gasteiger charge is -2.38. The Morgan fingerprint density at radius 2 is 0.961 bits per heavy atom. The molecule has 1 aromatic heterocycles. The van der Waals surface area contributed by atoms with Crippen molar-refractivity contribution in [1.29, 1.82) is 0 Å². The molecule has 2 aliphatic carbocycles. The van der Waals surface area contributed by atoms with Gasteiger partial charge in [-0.2, -0.15) is 0 Å². The van der Waals surface area contributed by atoms with E-state index in [4.69, 9.17) is 4.42 Å². The minimum absolute atomic E-state index is 0.560. The smallest absolute Gasteiger partial charge is 0.248 e. The molecule has 0 aliphatic heterocycles. The molecule has 0 spiro atoms. The Labute approximate surface area is 307 Å². The predicted molar refractivity (Wildman–Crippen MR) is 214 cm³/mol. The predicted octanol–water partition coefficient (Wildman–Crippen LogP) is 14.1. The summed E-state index contributed by atoms with van der Waals surface area (Å²) in [7, 11) is 0. The van der Waals surface area contributed by atoms with Crippen molar-refractivity contribution in [2.24, 2.45) is 0 Å². The summed E-state index contributed by atoms with van der Waals surface area (Å²) >= 11 is 0. The van der Waals surface area contributed by atoms with Crippen molar-refractivity contribution < 1.29 is 4.42 Å². The van der Waals surface area contributed by atoms with Gasteiger partial charge in [0.2, 0.25) is 11.8 Å². The second kappa shape index (κ2) is 16.6. The van der Waals surface area contributed by atoms with Crippen LogP contribution in [-0.2, 0) is 12.8 Å². The second-order valence-electron chi connectivity index (χ2n) is 15.8. The number of aryl methyl sites for hydroxylation is 2. The van der Waals surface area contributed by atoms with E-state index in [0.29, 0.717) is 23.6 Å². The lowest BCUT2D eigenvalue weighted by molar-refractivity contribution is 0.521. The summed E-state index contributed by atoms with van der Waals surface area (Å²) < 4.78 is 6.13. The normalized spacial score (nSPS) is 16.0. The zero-order valence-electron chi connectivity index (χ0n) is 31.7. The molecule has 0 fully saturated rings.